The number of hydrogen-bond donors (Lipinski definition) is 26. The first-order valence-electron chi connectivity index (χ1n) is 34.7. The molecule has 1 aliphatic rings. The summed E-state index contributed by atoms with van der Waals surface area (Å²) >= 11 is 0. The van der Waals surface area contributed by atoms with Crippen LogP contribution in [-0.4, -0.2) is 243 Å². The van der Waals surface area contributed by atoms with Crippen LogP contribution >= 0.6 is 0 Å². The monoisotopic (exact) mass is 1490 g/mol. The Bertz CT molecular complexity index is 2980. The highest BCUT2D eigenvalue weighted by molar-refractivity contribution is 5.99. The molecule has 10 atom stereocenters. The van der Waals surface area contributed by atoms with Gasteiger partial charge in [-0.1, -0.05) is 0 Å². The molecule has 0 aliphatic carbocycles. The number of hydrogen-bond acceptors (Lipinski definition) is 21. The Balaban J connectivity index is 3.97. The molecule has 45 heteroatoms. The van der Waals surface area contributed by atoms with Crippen molar-refractivity contribution >= 4 is 107 Å². The van der Waals surface area contributed by atoms with E-state index >= 15 is 0 Å². The second kappa shape index (κ2) is 52.1. The second-order valence-electron chi connectivity index (χ2n) is 24.6. The lowest BCUT2D eigenvalue weighted by molar-refractivity contribution is -0.149. The highest BCUT2D eigenvalue weighted by Crippen LogP contribution is 2.21. The van der Waals surface area contributed by atoms with Crippen molar-refractivity contribution in [1.29, 1.82) is 0 Å². The molecule has 11 amide bonds. The molecule has 1 fully saturated rings. The maximum Gasteiger partial charge on any atom is 0.326 e. The molecule has 0 saturated carbocycles. The van der Waals surface area contributed by atoms with E-state index in [9.17, 15) is 62.6 Å². The van der Waals surface area contributed by atoms with E-state index in [0.29, 0.717) is 25.7 Å². The summed E-state index contributed by atoms with van der Waals surface area (Å²) in [6, 6.07) is -14.5. The zero-order chi connectivity index (χ0) is 79.0. The number of amides is 11. The minimum Gasteiger partial charge on any atom is -0.480 e. The number of nitrogens with zero attached hydrogens (tertiary/aromatic N) is 7. The standard InChI is InChI=1S/C60H116N32O13/c61-23-3-1-12-34(84-45(95)33(83-44(94)32-63)14-5-25-77-55(65)66)46(96)85-35(13-2-4-24-62)47(97)86-36(15-6-26-78-56(67)68)48(98)87-38(17-8-28-80-58(71)72)50(100)90-40(21-22-43(64)93)52(102)89-37(16-7-27-79-57(69)70)49(99)88-39(18-9-29-81-59(73)74)51(101)91-41(19-10-30-82-60(75)76)53(103)92-31-11-20-42(92)54(104)105/h33-42H,1-32,61-63H2,(H2,64,93)(H,83,94)(H,84,95)(H,85,96)(H,86,97)(H,87,98)(H,88,99)(H,89,102)(H,90,100)(H,91,101)(H,104,105)(H4,65,66,77)(H4,67,68,78)(H4,69,70,79)(H4,71,72,80)(H4,73,74,81)(H4,75,76,82)/t33-,34-,35-,36-,37-,38-,39-,40-,41-,42-/m0/s1. The number of primary amides is 1. The predicted molar refractivity (Wildman–Crippen MR) is 393 cm³/mol. The van der Waals surface area contributed by atoms with Gasteiger partial charge in [-0.3, -0.25) is 82.7 Å². The van der Waals surface area contributed by atoms with E-state index in [2.05, 4.69) is 77.8 Å². The van der Waals surface area contributed by atoms with Gasteiger partial charge >= 0.3 is 5.97 Å². The van der Waals surface area contributed by atoms with Gasteiger partial charge in [0.2, 0.25) is 65.0 Å². The molecule has 0 spiro atoms. The molecular formula is C60H116N32O13. The number of carboxylic acids is 1. The Morgan fingerprint density at radius 2 is 0.571 bits per heavy atom. The molecule has 1 aliphatic heterocycles. The quantitative estimate of drug-likeness (QED) is 0.0153. The molecule has 1 heterocycles. The van der Waals surface area contributed by atoms with E-state index in [-0.39, 0.29) is 197 Å². The third kappa shape index (κ3) is 40.5. The number of nitrogens with two attached hydrogens (primary N) is 16. The van der Waals surface area contributed by atoms with Crippen LogP contribution in [0.15, 0.2) is 30.0 Å². The minimum absolute atomic E-state index is 0.00597. The molecule has 42 N–H and O–H groups in total. The molecule has 1 saturated heterocycles. The fourth-order valence-corrected chi connectivity index (χ4v) is 10.6. The minimum atomic E-state index is -1.73. The van der Waals surface area contributed by atoms with Gasteiger partial charge in [-0.2, -0.15) is 0 Å². The number of carboxylic acid groups (broad SMARTS) is 1. The van der Waals surface area contributed by atoms with Gasteiger partial charge in [0.15, 0.2) is 35.8 Å². The SMILES string of the molecule is NCCCC[C@H](NC(=O)[C@H](CCCN=C(N)N)NC(=O)CN)C(=O)N[C@@H](CCCCN)C(=O)N[C@@H](CCCN=C(N)N)C(=O)N[C@@H](CCCN=C(N)N)C(=O)N[C@@H](CCC(N)=O)C(=O)N[C@@H](CCCN=C(N)N)C(=O)N[C@@H](CCCN=C(N)N)C(=O)N[C@@H](CCCN=C(N)N)C(=O)N1CCC[C@H]1C(=O)O. The summed E-state index contributed by atoms with van der Waals surface area (Å²) in [5.41, 5.74) is 89.3. The number of carbonyl (C=O) groups is 12. The number of rotatable bonds is 55. The molecular weight excluding hydrogens is 1380 g/mol. The molecule has 594 valence electrons. The van der Waals surface area contributed by atoms with E-state index in [1.54, 1.807) is 0 Å². The predicted octanol–water partition coefficient (Wildman–Crippen LogP) is -11.8. The van der Waals surface area contributed by atoms with Crippen LogP contribution in [0.5, 0.6) is 0 Å². The second-order valence-corrected chi connectivity index (χ2v) is 24.6. The Labute approximate surface area is 609 Å². The summed E-state index contributed by atoms with van der Waals surface area (Å²) in [6.07, 6.45) is 0.218. The van der Waals surface area contributed by atoms with Crippen LogP contribution in [0.2, 0.25) is 0 Å². The first kappa shape index (κ1) is 92.2. The van der Waals surface area contributed by atoms with Gasteiger partial charge in [0, 0.05) is 52.2 Å². The topological polar surface area (TPSA) is 827 Å². The smallest absolute Gasteiger partial charge is 0.326 e. The van der Waals surface area contributed by atoms with Crippen molar-refractivity contribution in [1.82, 2.24) is 52.8 Å². The van der Waals surface area contributed by atoms with Crippen molar-refractivity contribution < 1.29 is 62.6 Å². The maximum atomic E-state index is 14.8. The third-order valence-corrected chi connectivity index (χ3v) is 15.9. The number of guanidine groups is 6. The summed E-state index contributed by atoms with van der Waals surface area (Å²) in [4.78, 5) is 192. The largest absolute Gasteiger partial charge is 0.480 e. The molecule has 0 aromatic rings. The van der Waals surface area contributed by atoms with Gasteiger partial charge in [-0.15, -0.1) is 0 Å². The molecule has 0 radical (unpaired) electrons. The first-order valence-corrected chi connectivity index (χ1v) is 34.7. The summed E-state index contributed by atoms with van der Waals surface area (Å²) in [7, 11) is 0. The van der Waals surface area contributed by atoms with E-state index in [1.165, 1.54) is 0 Å². The van der Waals surface area contributed by atoms with Crippen molar-refractivity contribution in [3.05, 3.63) is 0 Å². The Morgan fingerprint density at radius 1 is 0.333 bits per heavy atom. The molecule has 45 nitrogen and oxygen atoms in total. The van der Waals surface area contributed by atoms with Crippen LogP contribution in [0.3, 0.4) is 0 Å². The van der Waals surface area contributed by atoms with Crippen LogP contribution in [-0.2, 0) is 57.5 Å². The van der Waals surface area contributed by atoms with Crippen molar-refractivity contribution in [3.63, 3.8) is 0 Å². The lowest BCUT2D eigenvalue weighted by atomic mass is 10.0. The molecule has 0 unspecified atom stereocenters. The Kier molecular flexibility index (Phi) is 45.8. The lowest BCUT2D eigenvalue weighted by Gasteiger charge is -2.29. The average Bonchev–Trinajstić information content (AvgIpc) is 1.77. The molecule has 0 bridgehead atoms. The zero-order valence-corrected chi connectivity index (χ0v) is 59.6. The highest BCUT2D eigenvalue weighted by atomic mass is 16.4. The van der Waals surface area contributed by atoms with Crippen molar-refractivity contribution in [2.75, 3.05) is 65.4 Å². The van der Waals surface area contributed by atoms with Crippen molar-refractivity contribution in [2.45, 2.75) is 202 Å². The highest BCUT2D eigenvalue weighted by Gasteiger charge is 2.40. The van der Waals surface area contributed by atoms with E-state index in [4.69, 9.17) is 91.7 Å². The van der Waals surface area contributed by atoms with Gasteiger partial charge in [0.1, 0.15) is 60.4 Å². The van der Waals surface area contributed by atoms with E-state index < -0.39 is 151 Å². The van der Waals surface area contributed by atoms with Crippen LogP contribution < -0.4 is 140 Å². The summed E-state index contributed by atoms with van der Waals surface area (Å²) in [5, 5.41) is 33.5. The van der Waals surface area contributed by atoms with E-state index in [0.717, 1.165) is 4.90 Å². The third-order valence-electron chi connectivity index (χ3n) is 15.9. The van der Waals surface area contributed by atoms with Crippen LogP contribution in [0.1, 0.15) is 141 Å². The number of carbonyl (C=O) groups excluding carboxylic acids is 11. The van der Waals surface area contributed by atoms with Gasteiger partial charge in [0.05, 0.1) is 6.54 Å². The molecule has 1 rings (SSSR count). The number of nitrogens with one attached hydrogen (secondary N) is 9. The van der Waals surface area contributed by atoms with Gasteiger partial charge < -0.3 is 150 Å². The number of aliphatic imine (C=N–C) groups is 6. The fraction of sp³-hybridized carbons (Fsp3) is 0.700. The maximum absolute atomic E-state index is 14.8. The summed E-state index contributed by atoms with van der Waals surface area (Å²) in [6.45, 7) is -0.181. The van der Waals surface area contributed by atoms with Gasteiger partial charge in [-0.25, -0.2) is 4.79 Å². The van der Waals surface area contributed by atoms with Crippen molar-refractivity contribution in [2.24, 2.45) is 122 Å². The average molecular weight is 1490 g/mol. The van der Waals surface area contributed by atoms with E-state index in [1.807, 2.05) is 0 Å². The van der Waals surface area contributed by atoms with Crippen molar-refractivity contribution in [3.8, 4) is 0 Å². The lowest BCUT2D eigenvalue weighted by Crippen LogP contribution is -2.60. The van der Waals surface area contributed by atoms with Crippen LogP contribution in [0.25, 0.3) is 0 Å². The summed E-state index contributed by atoms with van der Waals surface area (Å²) < 4.78 is 0. The Morgan fingerprint density at radius 3 is 0.810 bits per heavy atom. The van der Waals surface area contributed by atoms with Gasteiger partial charge in [0.25, 0.3) is 0 Å². The first-order chi connectivity index (χ1) is 49.7. The molecule has 0 aromatic carbocycles. The number of aliphatic carboxylic acids is 1. The zero-order valence-electron chi connectivity index (χ0n) is 59.6. The van der Waals surface area contributed by atoms with Gasteiger partial charge in [-0.05, 0) is 148 Å². The number of likely N-dealkylation sites (tertiary alicyclic amines) is 1. The molecule has 0 aromatic heterocycles. The normalized spacial score (nSPS) is 14.8. The Hall–Kier alpha value is -10.9. The van der Waals surface area contributed by atoms with Crippen LogP contribution in [0, 0.1) is 0 Å². The fourth-order valence-electron chi connectivity index (χ4n) is 10.6. The summed E-state index contributed by atoms with van der Waals surface area (Å²) in [5.74, 6) is -12.9. The number of unbranched alkanes of at least 4 members (excludes halogenated alkanes) is 2. The molecule has 105 heavy (non-hydrogen) atoms. The van der Waals surface area contributed by atoms with Crippen LogP contribution in [0.4, 0.5) is 0 Å².